The average Bonchev–Trinajstić information content (AvgIpc) is 2.99. The van der Waals surface area contributed by atoms with Gasteiger partial charge in [0.2, 0.25) is 5.91 Å². The van der Waals surface area contributed by atoms with Crippen LogP contribution in [-0.4, -0.2) is 55.5 Å². The Morgan fingerprint density at radius 3 is 2.23 bits per heavy atom. The number of rotatable bonds is 8. The second-order valence-electron chi connectivity index (χ2n) is 9.13. The molecule has 0 bridgehead atoms. The molecule has 0 aliphatic heterocycles. The molecule has 0 spiro atoms. The van der Waals surface area contributed by atoms with Gasteiger partial charge in [-0.1, -0.05) is 67.8 Å². The molecule has 2 aliphatic rings. The van der Waals surface area contributed by atoms with E-state index in [1.807, 2.05) is 24.3 Å². The molecule has 35 heavy (non-hydrogen) atoms. The Bertz CT molecular complexity index is 1030. The van der Waals surface area contributed by atoms with Crippen molar-refractivity contribution >= 4 is 18.0 Å². The van der Waals surface area contributed by atoms with Gasteiger partial charge in [-0.25, -0.2) is 9.59 Å². The Morgan fingerprint density at radius 1 is 0.971 bits per heavy atom. The Balaban J connectivity index is 1.38. The molecule has 2 amide bonds. The van der Waals surface area contributed by atoms with Gasteiger partial charge in [-0.05, 0) is 35.1 Å². The molecule has 2 aliphatic carbocycles. The van der Waals surface area contributed by atoms with Crippen molar-refractivity contribution in [1.82, 2.24) is 10.6 Å². The molecule has 1 fully saturated rings. The molecule has 2 aromatic carbocycles. The van der Waals surface area contributed by atoms with Crippen molar-refractivity contribution in [2.24, 2.45) is 5.92 Å². The number of methoxy groups -OCH3 is 1. The van der Waals surface area contributed by atoms with E-state index in [4.69, 9.17) is 14.6 Å². The highest BCUT2D eigenvalue weighted by Crippen LogP contribution is 2.44. The molecule has 0 heterocycles. The summed E-state index contributed by atoms with van der Waals surface area (Å²) in [4.78, 5) is 36.9. The van der Waals surface area contributed by atoms with E-state index in [2.05, 4.69) is 34.9 Å². The van der Waals surface area contributed by atoms with E-state index in [0.29, 0.717) is 12.8 Å². The van der Waals surface area contributed by atoms with Crippen LogP contribution < -0.4 is 10.6 Å². The summed E-state index contributed by atoms with van der Waals surface area (Å²) in [6.45, 7) is 0.0798. The highest BCUT2D eigenvalue weighted by atomic mass is 16.5. The van der Waals surface area contributed by atoms with Crippen molar-refractivity contribution < 1.29 is 29.0 Å². The van der Waals surface area contributed by atoms with E-state index >= 15 is 0 Å². The lowest BCUT2D eigenvalue weighted by molar-refractivity contribution is -0.148. The quantitative estimate of drug-likeness (QED) is 0.497. The minimum atomic E-state index is -1.14. The van der Waals surface area contributed by atoms with Gasteiger partial charge in [0.25, 0.3) is 0 Å². The Hall–Kier alpha value is -3.39. The average molecular weight is 481 g/mol. The van der Waals surface area contributed by atoms with Crippen LogP contribution in [0.15, 0.2) is 48.5 Å². The second kappa shape index (κ2) is 11.4. The summed E-state index contributed by atoms with van der Waals surface area (Å²) >= 11 is 0. The fraction of sp³-hybridized carbons (Fsp3) is 0.444. The normalized spacial score (nSPS) is 20.1. The van der Waals surface area contributed by atoms with Gasteiger partial charge in [-0.2, -0.15) is 0 Å². The first-order valence-corrected chi connectivity index (χ1v) is 12.1. The van der Waals surface area contributed by atoms with E-state index in [-0.39, 0.29) is 31.0 Å². The van der Waals surface area contributed by atoms with Gasteiger partial charge < -0.3 is 25.2 Å². The van der Waals surface area contributed by atoms with E-state index in [1.165, 1.54) is 7.11 Å². The number of carbonyl (C=O) groups is 3. The summed E-state index contributed by atoms with van der Waals surface area (Å²) < 4.78 is 10.6. The van der Waals surface area contributed by atoms with Crippen LogP contribution in [0.4, 0.5) is 4.79 Å². The van der Waals surface area contributed by atoms with Crippen LogP contribution in [0.2, 0.25) is 0 Å². The maximum absolute atomic E-state index is 12.9. The minimum absolute atomic E-state index is 0.0385. The maximum atomic E-state index is 12.9. The molecule has 4 rings (SSSR count). The first-order valence-electron chi connectivity index (χ1n) is 12.1. The standard InChI is InChI=1S/C27H32N2O6/c1-34-24(26(31)32)15-28-25(30)21-13-3-2-4-14-23(21)29-27(33)35-16-22-19-11-7-5-9-17(19)18-10-6-8-12-20(18)22/h5-12,21-24H,2-4,13-16H2,1H3,(H,28,30)(H,29,33)(H,31,32)/t21-,23+,24?/m0/s1. The number of hydrogen-bond acceptors (Lipinski definition) is 5. The summed E-state index contributed by atoms with van der Waals surface area (Å²) in [5.41, 5.74) is 4.60. The number of carboxylic acid groups (broad SMARTS) is 1. The van der Waals surface area contributed by atoms with Crippen LogP contribution in [-0.2, 0) is 19.1 Å². The monoisotopic (exact) mass is 480 g/mol. The summed E-state index contributed by atoms with van der Waals surface area (Å²) in [7, 11) is 1.29. The lowest BCUT2D eigenvalue weighted by atomic mass is 9.93. The number of benzene rings is 2. The molecule has 186 valence electrons. The summed E-state index contributed by atoms with van der Waals surface area (Å²) in [5.74, 6) is -1.91. The van der Waals surface area contributed by atoms with Crippen molar-refractivity contribution in [1.29, 1.82) is 0 Å². The van der Waals surface area contributed by atoms with Crippen LogP contribution in [0, 0.1) is 5.92 Å². The van der Waals surface area contributed by atoms with Crippen molar-refractivity contribution in [3.63, 3.8) is 0 Å². The molecule has 1 saturated carbocycles. The van der Waals surface area contributed by atoms with Crippen LogP contribution in [0.3, 0.4) is 0 Å². The van der Waals surface area contributed by atoms with Gasteiger partial charge in [0.05, 0.1) is 12.5 Å². The summed E-state index contributed by atoms with van der Waals surface area (Å²) in [6.07, 6.45) is 2.36. The first kappa shape index (κ1) is 24.7. The van der Waals surface area contributed by atoms with Crippen LogP contribution in [0.5, 0.6) is 0 Å². The number of fused-ring (bicyclic) bond motifs is 3. The number of amides is 2. The van der Waals surface area contributed by atoms with Crippen LogP contribution >= 0.6 is 0 Å². The molecule has 0 aromatic heterocycles. The molecule has 8 heteroatoms. The number of carbonyl (C=O) groups excluding carboxylic acids is 2. The Kier molecular flexibility index (Phi) is 8.02. The molecule has 3 N–H and O–H groups in total. The number of aliphatic carboxylic acids is 1. The zero-order valence-electron chi connectivity index (χ0n) is 19.9. The van der Waals surface area contributed by atoms with Gasteiger partial charge >= 0.3 is 12.1 Å². The van der Waals surface area contributed by atoms with Gasteiger partial charge in [-0.3, -0.25) is 4.79 Å². The molecular weight excluding hydrogens is 448 g/mol. The van der Waals surface area contributed by atoms with Crippen LogP contribution in [0.1, 0.15) is 49.1 Å². The maximum Gasteiger partial charge on any atom is 0.407 e. The molecule has 3 atom stereocenters. The molecular formula is C27H32N2O6. The van der Waals surface area contributed by atoms with Gasteiger partial charge in [-0.15, -0.1) is 0 Å². The third kappa shape index (κ3) is 5.65. The number of ether oxygens (including phenoxy) is 2. The van der Waals surface area contributed by atoms with E-state index in [0.717, 1.165) is 41.5 Å². The minimum Gasteiger partial charge on any atom is -0.479 e. The fourth-order valence-corrected chi connectivity index (χ4v) is 5.18. The topological polar surface area (TPSA) is 114 Å². The van der Waals surface area contributed by atoms with Crippen molar-refractivity contribution in [3.8, 4) is 11.1 Å². The highest BCUT2D eigenvalue weighted by molar-refractivity contribution is 5.82. The smallest absolute Gasteiger partial charge is 0.407 e. The predicted molar refractivity (Wildman–Crippen MR) is 130 cm³/mol. The van der Waals surface area contributed by atoms with Crippen molar-refractivity contribution in [2.45, 2.75) is 50.2 Å². The largest absolute Gasteiger partial charge is 0.479 e. The number of nitrogens with one attached hydrogen (secondary N) is 2. The van der Waals surface area contributed by atoms with E-state index < -0.39 is 24.1 Å². The molecule has 0 saturated heterocycles. The SMILES string of the molecule is COC(CNC(=O)[C@H]1CCCCC[C@H]1NC(=O)OCC1c2ccccc2-c2ccccc21)C(=O)O. The van der Waals surface area contributed by atoms with Gasteiger partial charge in [0, 0.05) is 19.1 Å². The number of alkyl carbamates (subject to hydrolysis) is 1. The lowest BCUT2D eigenvalue weighted by Gasteiger charge is -2.26. The van der Waals surface area contributed by atoms with Crippen molar-refractivity contribution in [3.05, 3.63) is 59.7 Å². The zero-order chi connectivity index (χ0) is 24.8. The van der Waals surface area contributed by atoms with E-state index in [9.17, 15) is 14.4 Å². The lowest BCUT2D eigenvalue weighted by Crippen LogP contribution is -2.48. The fourth-order valence-electron chi connectivity index (χ4n) is 5.18. The Labute approximate surface area is 205 Å². The molecule has 8 nitrogen and oxygen atoms in total. The second-order valence-corrected chi connectivity index (χ2v) is 9.13. The molecule has 1 unspecified atom stereocenters. The number of carboxylic acids is 1. The Morgan fingerprint density at radius 2 is 1.60 bits per heavy atom. The third-order valence-electron chi connectivity index (χ3n) is 7.02. The summed E-state index contributed by atoms with van der Waals surface area (Å²) in [5, 5.41) is 14.7. The summed E-state index contributed by atoms with van der Waals surface area (Å²) in [6, 6.07) is 15.9. The number of hydrogen-bond donors (Lipinski definition) is 3. The highest BCUT2D eigenvalue weighted by Gasteiger charge is 2.33. The molecule has 2 aromatic rings. The first-order chi connectivity index (χ1) is 17.0. The molecule has 0 radical (unpaired) electrons. The van der Waals surface area contributed by atoms with Crippen molar-refractivity contribution in [2.75, 3.05) is 20.3 Å². The van der Waals surface area contributed by atoms with Gasteiger partial charge in [0.15, 0.2) is 6.10 Å². The zero-order valence-corrected chi connectivity index (χ0v) is 19.9. The van der Waals surface area contributed by atoms with Crippen LogP contribution in [0.25, 0.3) is 11.1 Å². The third-order valence-corrected chi connectivity index (χ3v) is 7.02. The van der Waals surface area contributed by atoms with Gasteiger partial charge in [0.1, 0.15) is 6.61 Å². The predicted octanol–water partition coefficient (Wildman–Crippen LogP) is 3.69. The van der Waals surface area contributed by atoms with E-state index in [1.54, 1.807) is 0 Å².